The summed E-state index contributed by atoms with van der Waals surface area (Å²) in [5.41, 5.74) is 5.56. The second-order valence-corrected chi connectivity index (χ2v) is 7.71. The van der Waals surface area contributed by atoms with Gasteiger partial charge in [0.1, 0.15) is 0 Å². The van der Waals surface area contributed by atoms with Gasteiger partial charge >= 0.3 is 0 Å². The van der Waals surface area contributed by atoms with Crippen molar-refractivity contribution in [3.05, 3.63) is 95.4 Å². The van der Waals surface area contributed by atoms with Crippen molar-refractivity contribution in [3.8, 4) is 0 Å². The summed E-state index contributed by atoms with van der Waals surface area (Å²) in [6.45, 7) is 5.55. The predicted molar refractivity (Wildman–Crippen MR) is 125 cm³/mol. The van der Waals surface area contributed by atoms with Crippen LogP contribution in [0, 0.1) is 13.8 Å². The number of nitrogens with zero attached hydrogens (tertiary/aromatic N) is 4. The van der Waals surface area contributed by atoms with E-state index in [4.69, 9.17) is 12.2 Å². The van der Waals surface area contributed by atoms with Crippen molar-refractivity contribution in [1.82, 2.24) is 19.6 Å². The van der Waals surface area contributed by atoms with Gasteiger partial charge in [-0.25, -0.2) is 0 Å². The molecule has 2 heterocycles. The number of nitrogens with one attached hydrogen (secondary N) is 2. The summed E-state index contributed by atoms with van der Waals surface area (Å²) in [6.07, 6.45) is 3.70. The summed E-state index contributed by atoms with van der Waals surface area (Å²) in [5.74, 6) is 0.716. The second-order valence-electron chi connectivity index (χ2n) is 7.31. The van der Waals surface area contributed by atoms with Gasteiger partial charge in [-0.2, -0.15) is 10.2 Å². The lowest BCUT2D eigenvalue weighted by molar-refractivity contribution is 0.668. The van der Waals surface area contributed by atoms with E-state index in [1.807, 2.05) is 46.7 Å². The van der Waals surface area contributed by atoms with Crippen molar-refractivity contribution in [1.29, 1.82) is 0 Å². The molecular formula is C23H24N6S. The van der Waals surface area contributed by atoms with Crippen molar-refractivity contribution in [2.45, 2.75) is 26.9 Å². The third kappa shape index (κ3) is 5.12. The van der Waals surface area contributed by atoms with Crippen molar-refractivity contribution in [3.63, 3.8) is 0 Å². The fourth-order valence-electron chi connectivity index (χ4n) is 3.16. The molecule has 0 aliphatic carbocycles. The Bertz CT molecular complexity index is 1130. The van der Waals surface area contributed by atoms with E-state index in [2.05, 4.69) is 64.2 Å². The molecule has 4 aromatic rings. The number of hydrogen-bond acceptors (Lipinski definition) is 3. The minimum absolute atomic E-state index is 0.481. The normalized spacial score (nSPS) is 10.7. The van der Waals surface area contributed by atoms with E-state index in [1.165, 1.54) is 16.7 Å². The molecule has 7 heteroatoms. The zero-order valence-electron chi connectivity index (χ0n) is 17.0. The van der Waals surface area contributed by atoms with E-state index < -0.39 is 0 Å². The first-order valence-electron chi connectivity index (χ1n) is 9.79. The largest absolute Gasteiger partial charge is 0.330 e. The molecule has 0 fully saturated rings. The Balaban J connectivity index is 1.34. The number of aryl methyl sites for hydroxylation is 2. The number of anilines is 2. The van der Waals surface area contributed by atoms with Crippen LogP contribution in [0.3, 0.4) is 0 Å². The molecule has 0 saturated carbocycles. The lowest BCUT2D eigenvalue weighted by Crippen LogP contribution is -2.19. The van der Waals surface area contributed by atoms with Gasteiger partial charge in [-0.05, 0) is 37.2 Å². The average Bonchev–Trinajstić information content (AvgIpc) is 3.30. The van der Waals surface area contributed by atoms with E-state index in [1.54, 1.807) is 6.20 Å². The summed E-state index contributed by atoms with van der Waals surface area (Å²) < 4.78 is 3.84. The van der Waals surface area contributed by atoms with Gasteiger partial charge in [0.2, 0.25) is 0 Å². The Hall–Kier alpha value is -3.45. The second kappa shape index (κ2) is 8.92. The topological polar surface area (TPSA) is 59.7 Å². The van der Waals surface area contributed by atoms with Crippen LogP contribution in [0.2, 0.25) is 0 Å². The number of aromatic nitrogens is 4. The van der Waals surface area contributed by atoms with E-state index in [9.17, 15) is 0 Å². The van der Waals surface area contributed by atoms with Crippen LogP contribution >= 0.6 is 12.2 Å². The monoisotopic (exact) mass is 416 g/mol. The molecule has 4 rings (SSSR count). The Kier molecular flexibility index (Phi) is 5.90. The summed E-state index contributed by atoms with van der Waals surface area (Å²) in [4.78, 5) is 0. The van der Waals surface area contributed by atoms with Crippen LogP contribution < -0.4 is 10.6 Å². The molecule has 0 aliphatic rings. The van der Waals surface area contributed by atoms with Crippen LogP contribution in [-0.2, 0) is 13.1 Å². The summed E-state index contributed by atoms with van der Waals surface area (Å²) >= 11 is 5.45. The van der Waals surface area contributed by atoms with Gasteiger partial charge in [0.05, 0.1) is 25.0 Å². The first kappa shape index (κ1) is 19.8. The van der Waals surface area contributed by atoms with Gasteiger partial charge < -0.3 is 10.6 Å². The molecule has 2 aromatic carbocycles. The third-order valence-electron chi connectivity index (χ3n) is 4.75. The summed E-state index contributed by atoms with van der Waals surface area (Å²) in [7, 11) is 0. The molecule has 0 saturated heterocycles. The molecule has 0 aliphatic heterocycles. The van der Waals surface area contributed by atoms with E-state index in [0.29, 0.717) is 17.5 Å². The molecule has 2 aromatic heterocycles. The Labute approximate surface area is 181 Å². The molecule has 6 nitrogen and oxygen atoms in total. The van der Waals surface area contributed by atoms with Gasteiger partial charge in [0.25, 0.3) is 0 Å². The molecule has 0 bridgehead atoms. The van der Waals surface area contributed by atoms with Gasteiger partial charge in [0, 0.05) is 18.0 Å². The lowest BCUT2D eigenvalue weighted by Gasteiger charge is -2.07. The molecule has 152 valence electrons. The van der Waals surface area contributed by atoms with Gasteiger partial charge in [-0.15, -0.1) is 0 Å². The highest BCUT2D eigenvalue weighted by atomic mass is 32.1. The van der Waals surface area contributed by atoms with E-state index in [0.717, 1.165) is 17.9 Å². The van der Waals surface area contributed by atoms with Gasteiger partial charge in [-0.1, -0.05) is 60.2 Å². The number of rotatable bonds is 6. The zero-order valence-corrected chi connectivity index (χ0v) is 17.9. The minimum atomic E-state index is 0.481. The van der Waals surface area contributed by atoms with Crippen LogP contribution in [0.25, 0.3) is 0 Å². The lowest BCUT2D eigenvalue weighted by atomic mass is 10.1. The van der Waals surface area contributed by atoms with Crippen LogP contribution in [0.5, 0.6) is 0 Å². The van der Waals surface area contributed by atoms with E-state index in [-0.39, 0.29) is 0 Å². The first-order valence-corrected chi connectivity index (χ1v) is 10.2. The maximum atomic E-state index is 5.45. The fourth-order valence-corrected chi connectivity index (χ4v) is 3.38. The van der Waals surface area contributed by atoms with E-state index >= 15 is 0 Å². The van der Waals surface area contributed by atoms with Crippen LogP contribution in [0.15, 0.2) is 73.1 Å². The smallest absolute Gasteiger partial charge is 0.176 e. The van der Waals surface area contributed by atoms with Gasteiger partial charge in [-0.3, -0.25) is 9.36 Å². The predicted octanol–water partition coefficient (Wildman–Crippen LogP) is 4.60. The maximum Gasteiger partial charge on any atom is 0.176 e. The summed E-state index contributed by atoms with van der Waals surface area (Å²) in [5, 5.41) is 15.8. The molecular weight excluding hydrogens is 392 g/mol. The van der Waals surface area contributed by atoms with Crippen molar-refractivity contribution >= 4 is 28.8 Å². The number of thiocarbonyl (C=S) groups is 1. The zero-order chi connectivity index (χ0) is 20.9. The molecule has 0 radical (unpaired) electrons. The highest BCUT2D eigenvalue weighted by Crippen LogP contribution is 2.13. The Morgan fingerprint density at radius 1 is 0.933 bits per heavy atom. The standard InChI is InChI=1S/C23H24N6S/c1-17-8-10-20(11-9-17)14-28-16-21(13-24-28)25-23(30)26-22-12-18(2)29(27-22)15-19-6-4-3-5-7-19/h3-13,16H,14-15H2,1-2H3,(H2,25,26,27,30). The Morgan fingerprint density at radius 2 is 1.67 bits per heavy atom. The van der Waals surface area contributed by atoms with Crippen molar-refractivity contribution in [2.75, 3.05) is 10.6 Å². The maximum absolute atomic E-state index is 5.45. The number of benzene rings is 2. The van der Waals surface area contributed by atoms with Gasteiger partial charge in [0.15, 0.2) is 10.9 Å². The first-order chi connectivity index (χ1) is 14.5. The van der Waals surface area contributed by atoms with Crippen LogP contribution in [0.4, 0.5) is 11.5 Å². The Morgan fingerprint density at radius 3 is 2.43 bits per heavy atom. The minimum Gasteiger partial charge on any atom is -0.330 e. The highest BCUT2D eigenvalue weighted by Gasteiger charge is 2.08. The third-order valence-corrected chi connectivity index (χ3v) is 4.96. The fraction of sp³-hybridized carbons (Fsp3) is 0.174. The molecule has 0 amide bonds. The average molecular weight is 417 g/mol. The highest BCUT2D eigenvalue weighted by molar-refractivity contribution is 7.80. The summed E-state index contributed by atoms with van der Waals surface area (Å²) in [6, 6.07) is 20.7. The van der Waals surface area contributed by atoms with Crippen LogP contribution in [0.1, 0.15) is 22.4 Å². The number of hydrogen-bond donors (Lipinski definition) is 2. The molecule has 0 atom stereocenters. The quantitative estimate of drug-likeness (QED) is 0.450. The van der Waals surface area contributed by atoms with Crippen molar-refractivity contribution < 1.29 is 0 Å². The molecule has 0 unspecified atom stereocenters. The molecule has 0 spiro atoms. The van der Waals surface area contributed by atoms with Crippen LogP contribution in [-0.4, -0.2) is 24.7 Å². The molecule has 30 heavy (non-hydrogen) atoms. The van der Waals surface area contributed by atoms with Crippen molar-refractivity contribution in [2.24, 2.45) is 0 Å². The SMILES string of the molecule is Cc1ccc(Cn2cc(NC(=S)Nc3cc(C)n(Cc4ccccc4)n3)cn2)cc1. The molecule has 2 N–H and O–H groups in total.